The lowest BCUT2D eigenvalue weighted by atomic mass is 10.0. The van der Waals surface area contributed by atoms with E-state index in [1.165, 1.54) is 64.2 Å². The quantitative estimate of drug-likeness (QED) is 0.750. The second kappa shape index (κ2) is 11.7. The van der Waals surface area contributed by atoms with Crippen molar-refractivity contribution < 1.29 is 14.7 Å². The third kappa shape index (κ3) is 10.4. The first-order valence-corrected chi connectivity index (χ1v) is 8.30. The molecule has 1 rings (SSSR count). The van der Waals surface area contributed by atoms with Gasteiger partial charge in [-0.15, -0.1) is 0 Å². The van der Waals surface area contributed by atoms with Crippen LogP contribution in [0.2, 0.25) is 0 Å². The van der Waals surface area contributed by atoms with Crippen molar-refractivity contribution in [2.75, 3.05) is 0 Å². The molecule has 1 fully saturated rings. The predicted molar refractivity (Wildman–Crippen MR) is 79.7 cm³/mol. The van der Waals surface area contributed by atoms with Crippen LogP contribution < -0.4 is 0 Å². The Morgan fingerprint density at radius 3 is 1.21 bits per heavy atom. The van der Waals surface area contributed by atoms with Crippen LogP contribution in [-0.2, 0) is 4.65 Å². The zero-order valence-corrected chi connectivity index (χ0v) is 12.4. The highest BCUT2D eigenvalue weighted by Gasteiger charge is 2.17. The summed E-state index contributed by atoms with van der Waals surface area (Å²) in [4.78, 5) is 0. The van der Waals surface area contributed by atoms with Crippen molar-refractivity contribution in [2.45, 2.75) is 96.0 Å². The molecule has 3 nitrogen and oxygen atoms in total. The molecule has 0 bridgehead atoms. The lowest BCUT2D eigenvalue weighted by Crippen LogP contribution is -2.25. The summed E-state index contributed by atoms with van der Waals surface area (Å²) in [6.07, 6.45) is 17.7. The Kier molecular flexibility index (Phi) is 10.5. The lowest BCUT2D eigenvalue weighted by molar-refractivity contribution is 0.101. The van der Waals surface area contributed by atoms with Gasteiger partial charge in [0.2, 0.25) is 0 Å². The third-order valence-corrected chi connectivity index (χ3v) is 4.12. The summed E-state index contributed by atoms with van der Waals surface area (Å²) < 4.78 is 5.19. The van der Waals surface area contributed by atoms with Crippen LogP contribution in [0.3, 0.4) is 0 Å². The van der Waals surface area contributed by atoms with Crippen molar-refractivity contribution in [1.29, 1.82) is 0 Å². The number of rotatable bonds is 2. The minimum atomic E-state index is -1.60. The van der Waals surface area contributed by atoms with E-state index >= 15 is 0 Å². The van der Waals surface area contributed by atoms with Gasteiger partial charge in [0, 0.05) is 6.10 Å². The zero-order valence-electron chi connectivity index (χ0n) is 12.4. The molecular weight excluding hydrogens is 239 g/mol. The molecule has 0 aromatic heterocycles. The Labute approximate surface area is 118 Å². The van der Waals surface area contributed by atoms with Gasteiger partial charge >= 0.3 is 7.32 Å². The van der Waals surface area contributed by atoms with Gasteiger partial charge in [0.15, 0.2) is 0 Å². The maximum Gasteiger partial charge on any atom is 0.634 e. The largest absolute Gasteiger partial charge is 0.634 e. The topological polar surface area (TPSA) is 49.7 Å². The maximum atomic E-state index is 8.95. The van der Waals surface area contributed by atoms with Gasteiger partial charge in [-0.05, 0) is 12.8 Å². The van der Waals surface area contributed by atoms with Crippen LogP contribution in [0.25, 0.3) is 0 Å². The first-order chi connectivity index (χ1) is 9.29. The molecule has 1 aliphatic carbocycles. The molecule has 0 saturated heterocycles. The van der Waals surface area contributed by atoms with Gasteiger partial charge in [-0.1, -0.05) is 77.0 Å². The Balaban J connectivity index is 2.25. The van der Waals surface area contributed by atoms with Gasteiger partial charge in [0.1, 0.15) is 0 Å². The van der Waals surface area contributed by atoms with Crippen molar-refractivity contribution in [3.05, 3.63) is 0 Å². The first-order valence-electron chi connectivity index (χ1n) is 8.30. The summed E-state index contributed by atoms with van der Waals surface area (Å²) in [6, 6.07) is 0. The Bertz CT molecular complexity index is 184. The molecule has 0 spiro atoms. The van der Waals surface area contributed by atoms with Crippen LogP contribution in [0.1, 0.15) is 89.9 Å². The summed E-state index contributed by atoms with van der Waals surface area (Å²) >= 11 is 0. The minimum absolute atomic E-state index is 0.0325. The Morgan fingerprint density at radius 1 is 0.579 bits per heavy atom. The van der Waals surface area contributed by atoms with Gasteiger partial charge in [-0.2, -0.15) is 0 Å². The average Bonchev–Trinajstić information content (AvgIpc) is 2.38. The van der Waals surface area contributed by atoms with Crippen LogP contribution in [0.15, 0.2) is 0 Å². The molecule has 0 amide bonds. The zero-order chi connectivity index (χ0) is 13.8. The van der Waals surface area contributed by atoms with Gasteiger partial charge < -0.3 is 14.7 Å². The van der Waals surface area contributed by atoms with Gasteiger partial charge in [-0.25, -0.2) is 0 Å². The minimum Gasteiger partial charge on any atom is -0.402 e. The third-order valence-electron chi connectivity index (χ3n) is 4.12. The second-order valence-corrected chi connectivity index (χ2v) is 5.90. The van der Waals surface area contributed by atoms with Crippen molar-refractivity contribution >= 4 is 7.32 Å². The van der Waals surface area contributed by atoms with Gasteiger partial charge in [0.25, 0.3) is 0 Å². The molecule has 0 unspecified atom stereocenters. The SMILES string of the molecule is OB(O)OC1CCCCCCCCCCCCCC1. The molecule has 0 aromatic rings. The van der Waals surface area contributed by atoms with E-state index in [4.69, 9.17) is 14.7 Å². The van der Waals surface area contributed by atoms with Gasteiger partial charge in [0.05, 0.1) is 0 Å². The van der Waals surface area contributed by atoms with Crippen molar-refractivity contribution in [3.63, 3.8) is 0 Å². The maximum absolute atomic E-state index is 8.95. The molecule has 4 heteroatoms. The van der Waals surface area contributed by atoms with Crippen LogP contribution in [-0.4, -0.2) is 23.5 Å². The summed E-state index contributed by atoms with van der Waals surface area (Å²) in [6.45, 7) is 0. The highest BCUT2D eigenvalue weighted by atomic mass is 16.6. The van der Waals surface area contributed by atoms with Crippen molar-refractivity contribution in [1.82, 2.24) is 0 Å². The number of hydrogen-bond acceptors (Lipinski definition) is 3. The molecule has 1 aliphatic rings. The van der Waals surface area contributed by atoms with E-state index in [2.05, 4.69) is 0 Å². The highest BCUT2D eigenvalue weighted by molar-refractivity contribution is 6.32. The predicted octanol–water partition coefficient (Wildman–Crippen LogP) is 3.82. The summed E-state index contributed by atoms with van der Waals surface area (Å²) in [5.74, 6) is 0. The fraction of sp³-hybridized carbons (Fsp3) is 1.00. The summed E-state index contributed by atoms with van der Waals surface area (Å²) in [7, 11) is -1.60. The molecule has 19 heavy (non-hydrogen) atoms. The number of hydrogen-bond donors (Lipinski definition) is 2. The van der Waals surface area contributed by atoms with Crippen molar-refractivity contribution in [3.8, 4) is 0 Å². The monoisotopic (exact) mass is 270 g/mol. The lowest BCUT2D eigenvalue weighted by Gasteiger charge is -2.17. The van der Waals surface area contributed by atoms with E-state index < -0.39 is 7.32 Å². The molecule has 0 heterocycles. The van der Waals surface area contributed by atoms with E-state index in [1.54, 1.807) is 0 Å². The second-order valence-electron chi connectivity index (χ2n) is 5.90. The molecule has 112 valence electrons. The van der Waals surface area contributed by atoms with E-state index in [0.29, 0.717) is 0 Å². The fourth-order valence-electron chi connectivity index (χ4n) is 2.96. The van der Waals surface area contributed by atoms with Crippen LogP contribution in [0.5, 0.6) is 0 Å². The Hall–Kier alpha value is -0.0551. The standard InChI is InChI=1S/C15H31BO3/c17-16(18)19-15-13-11-9-7-5-3-1-2-4-6-8-10-12-14-15/h15,17-18H,1-14H2. The van der Waals surface area contributed by atoms with Crippen LogP contribution in [0, 0.1) is 0 Å². The van der Waals surface area contributed by atoms with Crippen molar-refractivity contribution in [2.24, 2.45) is 0 Å². The normalized spacial score (nSPS) is 22.4. The molecule has 1 saturated carbocycles. The molecule has 2 N–H and O–H groups in total. The van der Waals surface area contributed by atoms with Gasteiger partial charge in [-0.3, -0.25) is 0 Å². The van der Waals surface area contributed by atoms with E-state index in [0.717, 1.165) is 25.7 Å². The average molecular weight is 270 g/mol. The first kappa shape index (κ1) is 17.0. The molecule has 0 aromatic carbocycles. The van der Waals surface area contributed by atoms with Crippen LogP contribution in [0.4, 0.5) is 0 Å². The summed E-state index contributed by atoms with van der Waals surface area (Å²) in [5.41, 5.74) is 0. The molecular formula is C15H31BO3. The Morgan fingerprint density at radius 2 is 0.895 bits per heavy atom. The van der Waals surface area contributed by atoms with E-state index in [9.17, 15) is 0 Å². The summed E-state index contributed by atoms with van der Waals surface area (Å²) in [5, 5.41) is 17.9. The highest BCUT2D eigenvalue weighted by Crippen LogP contribution is 2.18. The molecule has 0 radical (unpaired) electrons. The van der Waals surface area contributed by atoms with Crippen LogP contribution >= 0.6 is 0 Å². The molecule has 0 aliphatic heterocycles. The van der Waals surface area contributed by atoms with E-state index in [-0.39, 0.29) is 6.10 Å². The smallest absolute Gasteiger partial charge is 0.402 e. The van der Waals surface area contributed by atoms with E-state index in [1.807, 2.05) is 0 Å². The molecule has 0 atom stereocenters. The fourth-order valence-corrected chi connectivity index (χ4v) is 2.96.